The summed E-state index contributed by atoms with van der Waals surface area (Å²) in [5.74, 6) is 0.342. The number of nitrogens with zero attached hydrogens (tertiary/aromatic N) is 2. The van der Waals surface area contributed by atoms with Gasteiger partial charge in [-0.3, -0.25) is 14.6 Å². The van der Waals surface area contributed by atoms with Gasteiger partial charge in [-0.1, -0.05) is 42.5 Å². The predicted molar refractivity (Wildman–Crippen MR) is 114 cm³/mol. The second kappa shape index (κ2) is 8.72. The molecule has 0 spiro atoms. The molecular weight excluding hydrogens is 348 g/mol. The van der Waals surface area contributed by atoms with E-state index in [0.717, 1.165) is 36.3 Å². The minimum Gasteiger partial charge on any atom is -0.508 e. The van der Waals surface area contributed by atoms with Crippen LogP contribution in [0, 0.1) is 0 Å². The van der Waals surface area contributed by atoms with E-state index >= 15 is 0 Å². The number of phenols is 1. The summed E-state index contributed by atoms with van der Waals surface area (Å²) in [5, 5.41) is 10.1. The highest BCUT2D eigenvalue weighted by atomic mass is 16.3. The molecule has 0 bridgehead atoms. The van der Waals surface area contributed by atoms with Crippen LogP contribution < -0.4 is 0 Å². The first-order valence-corrected chi connectivity index (χ1v) is 9.91. The number of hydrogen-bond acceptors (Lipinski definition) is 4. The monoisotopic (exact) mass is 378 g/mol. The molecule has 0 radical (unpaired) electrons. The van der Waals surface area contributed by atoms with Crippen molar-refractivity contribution in [2.24, 2.45) is 0 Å². The van der Waals surface area contributed by atoms with E-state index in [1.165, 1.54) is 0 Å². The van der Waals surface area contributed by atoms with Gasteiger partial charge >= 0.3 is 0 Å². The summed E-state index contributed by atoms with van der Waals surface area (Å²) in [6.07, 6.45) is 1.96. The standard InChI is InChI=1S/C24H30N2O2/c1-5-13-25-15-18(3)26(16-17(25)2)24(22-7-6-8-23(28)14-22)21-11-9-20(10-12-21)19(4)27/h5-12,14,17-18,24,28H,1,13,15-16H2,2-4H3/t17-,18+,24+/m1/s1. The molecule has 3 atom stereocenters. The highest BCUT2D eigenvalue weighted by molar-refractivity contribution is 5.94. The molecule has 0 saturated carbocycles. The van der Waals surface area contributed by atoms with Gasteiger partial charge in [-0.2, -0.15) is 0 Å². The first-order chi connectivity index (χ1) is 13.4. The lowest BCUT2D eigenvalue weighted by molar-refractivity contribution is 0.0306. The van der Waals surface area contributed by atoms with Crippen LogP contribution in [0.4, 0.5) is 0 Å². The first-order valence-electron chi connectivity index (χ1n) is 9.91. The summed E-state index contributed by atoms with van der Waals surface area (Å²) in [7, 11) is 0. The topological polar surface area (TPSA) is 43.8 Å². The van der Waals surface area contributed by atoms with Crippen LogP contribution in [0.1, 0.15) is 48.3 Å². The molecule has 1 N–H and O–H groups in total. The SMILES string of the molecule is C=CCN1C[C@H](C)N([C@@H](c2ccc(C(C)=O)cc2)c2cccc(O)c2)C[C@H]1C. The Morgan fingerprint density at radius 1 is 1.14 bits per heavy atom. The van der Waals surface area contributed by atoms with Crippen LogP contribution in [-0.4, -0.2) is 52.4 Å². The molecule has 4 heteroatoms. The summed E-state index contributed by atoms with van der Waals surface area (Å²) >= 11 is 0. The number of aromatic hydroxyl groups is 1. The van der Waals surface area contributed by atoms with Gasteiger partial charge < -0.3 is 5.11 Å². The molecule has 1 aliphatic rings. The maximum Gasteiger partial charge on any atom is 0.159 e. The number of phenolic OH excluding ortho intramolecular Hbond substituents is 1. The van der Waals surface area contributed by atoms with Gasteiger partial charge in [0, 0.05) is 37.3 Å². The molecule has 1 aliphatic heterocycles. The Bertz CT molecular complexity index is 831. The molecule has 0 aliphatic carbocycles. The van der Waals surface area contributed by atoms with Crippen molar-refractivity contribution in [1.29, 1.82) is 0 Å². The molecule has 2 aromatic carbocycles. The highest BCUT2D eigenvalue weighted by Gasteiger charge is 2.34. The Hall–Kier alpha value is -2.43. The van der Waals surface area contributed by atoms with Gasteiger partial charge in [-0.15, -0.1) is 6.58 Å². The van der Waals surface area contributed by atoms with Crippen molar-refractivity contribution in [3.8, 4) is 5.75 Å². The van der Waals surface area contributed by atoms with Gasteiger partial charge in [0.2, 0.25) is 0 Å². The van der Waals surface area contributed by atoms with E-state index in [1.807, 2.05) is 42.5 Å². The molecule has 2 aromatic rings. The molecule has 1 saturated heterocycles. The molecular formula is C24H30N2O2. The maximum absolute atomic E-state index is 11.7. The molecule has 28 heavy (non-hydrogen) atoms. The molecule has 0 aromatic heterocycles. The molecule has 1 heterocycles. The number of hydrogen-bond donors (Lipinski definition) is 1. The van der Waals surface area contributed by atoms with Gasteiger partial charge in [0.05, 0.1) is 6.04 Å². The average Bonchev–Trinajstić information content (AvgIpc) is 2.66. The van der Waals surface area contributed by atoms with E-state index in [-0.39, 0.29) is 17.6 Å². The normalized spacial score (nSPS) is 22.0. The Morgan fingerprint density at radius 2 is 1.86 bits per heavy atom. The fourth-order valence-electron chi connectivity index (χ4n) is 4.18. The number of piperazine rings is 1. The van der Waals surface area contributed by atoms with Crippen LogP contribution in [0.2, 0.25) is 0 Å². The number of rotatable bonds is 6. The van der Waals surface area contributed by atoms with Crippen molar-refractivity contribution in [2.75, 3.05) is 19.6 Å². The van der Waals surface area contributed by atoms with Crippen molar-refractivity contribution >= 4 is 5.78 Å². The minimum atomic E-state index is 0.0245. The van der Waals surface area contributed by atoms with E-state index in [0.29, 0.717) is 12.1 Å². The molecule has 148 valence electrons. The lowest BCUT2D eigenvalue weighted by Crippen LogP contribution is -2.57. The Labute approximate surface area is 168 Å². The first kappa shape index (κ1) is 20.3. The summed E-state index contributed by atoms with van der Waals surface area (Å²) < 4.78 is 0. The predicted octanol–water partition coefficient (Wildman–Crippen LogP) is 4.26. The molecule has 4 nitrogen and oxygen atoms in total. The Morgan fingerprint density at radius 3 is 2.46 bits per heavy atom. The summed E-state index contributed by atoms with van der Waals surface area (Å²) in [6, 6.07) is 16.2. The average molecular weight is 379 g/mol. The second-order valence-corrected chi connectivity index (χ2v) is 7.81. The zero-order valence-electron chi connectivity index (χ0n) is 17.0. The van der Waals surface area contributed by atoms with Crippen LogP contribution in [0.3, 0.4) is 0 Å². The van der Waals surface area contributed by atoms with Crippen LogP contribution in [0.25, 0.3) is 0 Å². The lowest BCUT2D eigenvalue weighted by Gasteiger charge is -2.47. The zero-order chi connectivity index (χ0) is 20.3. The van der Waals surface area contributed by atoms with Crippen molar-refractivity contribution in [3.05, 3.63) is 77.9 Å². The fourth-order valence-corrected chi connectivity index (χ4v) is 4.18. The van der Waals surface area contributed by atoms with Crippen molar-refractivity contribution in [3.63, 3.8) is 0 Å². The van der Waals surface area contributed by atoms with Crippen LogP contribution >= 0.6 is 0 Å². The maximum atomic E-state index is 11.7. The molecule has 3 rings (SSSR count). The Balaban J connectivity index is 1.99. The number of carbonyl (C=O) groups is 1. The Kier molecular flexibility index (Phi) is 6.32. The van der Waals surface area contributed by atoms with E-state index in [4.69, 9.17) is 0 Å². The zero-order valence-corrected chi connectivity index (χ0v) is 17.0. The van der Waals surface area contributed by atoms with E-state index < -0.39 is 0 Å². The van der Waals surface area contributed by atoms with Crippen molar-refractivity contribution < 1.29 is 9.90 Å². The summed E-state index contributed by atoms with van der Waals surface area (Å²) in [4.78, 5) is 16.6. The number of carbonyl (C=O) groups excluding carboxylic acids is 1. The third kappa shape index (κ3) is 4.34. The highest BCUT2D eigenvalue weighted by Crippen LogP contribution is 2.34. The quantitative estimate of drug-likeness (QED) is 0.602. The summed E-state index contributed by atoms with van der Waals surface area (Å²) in [6.45, 7) is 12.8. The van der Waals surface area contributed by atoms with Crippen LogP contribution in [-0.2, 0) is 0 Å². The van der Waals surface area contributed by atoms with Crippen LogP contribution in [0.5, 0.6) is 5.75 Å². The third-order valence-corrected chi connectivity index (χ3v) is 5.68. The van der Waals surface area contributed by atoms with Gasteiger partial charge in [0.25, 0.3) is 0 Å². The minimum absolute atomic E-state index is 0.0245. The van der Waals surface area contributed by atoms with Crippen molar-refractivity contribution in [1.82, 2.24) is 9.80 Å². The van der Waals surface area contributed by atoms with E-state index in [1.54, 1.807) is 13.0 Å². The van der Waals surface area contributed by atoms with E-state index in [2.05, 4.69) is 36.3 Å². The van der Waals surface area contributed by atoms with Gasteiger partial charge in [0.15, 0.2) is 5.78 Å². The third-order valence-electron chi connectivity index (χ3n) is 5.68. The second-order valence-electron chi connectivity index (χ2n) is 7.81. The van der Waals surface area contributed by atoms with E-state index in [9.17, 15) is 9.90 Å². The summed E-state index contributed by atoms with van der Waals surface area (Å²) in [5.41, 5.74) is 2.91. The molecule has 0 unspecified atom stereocenters. The smallest absolute Gasteiger partial charge is 0.159 e. The largest absolute Gasteiger partial charge is 0.508 e. The lowest BCUT2D eigenvalue weighted by atomic mass is 9.92. The van der Waals surface area contributed by atoms with Gasteiger partial charge in [0.1, 0.15) is 5.75 Å². The fraction of sp³-hybridized carbons (Fsp3) is 0.375. The number of ketones is 1. The van der Waals surface area contributed by atoms with Crippen molar-refractivity contribution in [2.45, 2.75) is 38.9 Å². The number of Topliss-reactive ketones (excluding diaryl/α,β-unsaturated/α-hetero) is 1. The molecule has 1 fully saturated rings. The van der Waals surface area contributed by atoms with Gasteiger partial charge in [-0.25, -0.2) is 0 Å². The van der Waals surface area contributed by atoms with Crippen LogP contribution in [0.15, 0.2) is 61.2 Å². The van der Waals surface area contributed by atoms with Gasteiger partial charge in [-0.05, 0) is 44.0 Å². The number of benzene rings is 2. The molecule has 0 amide bonds.